The number of hydrogen-bond donors (Lipinski definition) is 0. The van der Waals surface area contributed by atoms with E-state index < -0.39 is 5.54 Å². The van der Waals surface area contributed by atoms with Gasteiger partial charge in [0, 0.05) is 45.1 Å². The van der Waals surface area contributed by atoms with Crippen LogP contribution in [0.5, 0.6) is 0 Å². The third-order valence-electron chi connectivity index (χ3n) is 5.99. The summed E-state index contributed by atoms with van der Waals surface area (Å²) < 4.78 is 1.71. The summed E-state index contributed by atoms with van der Waals surface area (Å²) in [6, 6.07) is 4.14. The molecule has 3 heterocycles. The van der Waals surface area contributed by atoms with Crippen LogP contribution in [0.15, 0.2) is 30.9 Å². The molecule has 2 aliphatic rings. The van der Waals surface area contributed by atoms with Crippen molar-refractivity contribution in [3.05, 3.63) is 36.4 Å². The first kappa shape index (κ1) is 18.0. The summed E-state index contributed by atoms with van der Waals surface area (Å²) in [4.78, 5) is 22.0. The minimum Gasteiger partial charge on any atom is -0.338 e. The van der Waals surface area contributed by atoms with Crippen LogP contribution in [0.3, 0.4) is 0 Å². The second kappa shape index (κ2) is 8.12. The summed E-state index contributed by atoms with van der Waals surface area (Å²) >= 11 is 0. The number of amides is 1. The van der Waals surface area contributed by atoms with E-state index in [4.69, 9.17) is 0 Å². The lowest BCUT2D eigenvalue weighted by atomic mass is 9.80. The molecular weight excluding hydrogens is 342 g/mol. The summed E-state index contributed by atoms with van der Waals surface area (Å²) in [6.45, 7) is 4.41. The van der Waals surface area contributed by atoms with Gasteiger partial charge >= 0.3 is 0 Å². The van der Waals surface area contributed by atoms with E-state index >= 15 is 0 Å². The van der Waals surface area contributed by atoms with Crippen LogP contribution >= 0.6 is 0 Å². The predicted octanol–water partition coefficient (Wildman–Crippen LogP) is 1.11. The van der Waals surface area contributed by atoms with Crippen LogP contribution < -0.4 is 0 Å². The van der Waals surface area contributed by atoms with Crippen LogP contribution in [-0.2, 0) is 16.8 Å². The number of carbonyl (C=O) groups excluding carboxylic acids is 1. The molecule has 0 spiro atoms. The first-order valence-electron chi connectivity index (χ1n) is 9.92. The van der Waals surface area contributed by atoms with Gasteiger partial charge in [-0.3, -0.25) is 14.7 Å². The minimum absolute atomic E-state index is 0.197. The summed E-state index contributed by atoms with van der Waals surface area (Å²) in [6.07, 6.45) is 11.3. The number of aromatic nitrogens is 5. The van der Waals surface area contributed by atoms with Gasteiger partial charge in [-0.25, -0.2) is 4.68 Å². The standard InChI is InChI=1S/C19H27N7O/c27-18(19(7-2-1-3-8-19)26-16-21-22-23-26)25-14-12-24(13-15-25)11-6-17-4-9-20-10-5-17/h4-5,9-10,16H,1-3,6-8,11-15H2. The highest BCUT2D eigenvalue weighted by atomic mass is 16.2. The van der Waals surface area contributed by atoms with E-state index in [-0.39, 0.29) is 5.91 Å². The maximum atomic E-state index is 13.4. The number of tetrazole rings is 1. The van der Waals surface area contributed by atoms with Gasteiger partial charge in [0.2, 0.25) is 0 Å². The Bertz CT molecular complexity index is 720. The maximum Gasteiger partial charge on any atom is 0.250 e. The largest absolute Gasteiger partial charge is 0.338 e. The Hall–Kier alpha value is -2.35. The van der Waals surface area contributed by atoms with Gasteiger partial charge in [0.15, 0.2) is 0 Å². The second-order valence-corrected chi connectivity index (χ2v) is 7.59. The number of nitrogens with zero attached hydrogens (tertiary/aromatic N) is 7. The average molecular weight is 369 g/mol. The monoisotopic (exact) mass is 369 g/mol. The van der Waals surface area contributed by atoms with Gasteiger partial charge in [-0.15, -0.1) is 5.10 Å². The Morgan fingerprint density at radius 2 is 1.78 bits per heavy atom. The first-order valence-corrected chi connectivity index (χ1v) is 9.92. The third-order valence-corrected chi connectivity index (χ3v) is 5.99. The molecule has 0 atom stereocenters. The van der Waals surface area contributed by atoms with Crippen molar-refractivity contribution in [2.24, 2.45) is 0 Å². The molecule has 1 saturated heterocycles. The predicted molar refractivity (Wildman–Crippen MR) is 99.8 cm³/mol. The summed E-state index contributed by atoms with van der Waals surface area (Å²) in [5, 5.41) is 11.7. The Balaban J connectivity index is 1.36. The van der Waals surface area contributed by atoms with Crippen LogP contribution in [0, 0.1) is 0 Å². The molecule has 4 rings (SSSR count). The normalized spacial score (nSPS) is 20.5. The van der Waals surface area contributed by atoms with E-state index in [1.807, 2.05) is 17.3 Å². The van der Waals surface area contributed by atoms with Crippen molar-refractivity contribution in [2.45, 2.75) is 44.1 Å². The van der Waals surface area contributed by atoms with Gasteiger partial charge in [0.05, 0.1) is 0 Å². The Labute approximate surface area is 159 Å². The lowest BCUT2D eigenvalue weighted by molar-refractivity contribution is -0.145. The molecule has 2 aromatic heterocycles. The molecule has 0 aromatic carbocycles. The van der Waals surface area contributed by atoms with Crippen molar-refractivity contribution in [3.63, 3.8) is 0 Å². The van der Waals surface area contributed by atoms with E-state index in [1.165, 1.54) is 12.0 Å². The number of piperazine rings is 1. The fourth-order valence-electron chi connectivity index (χ4n) is 4.34. The van der Waals surface area contributed by atoms with Crippen molar-refractivity contribution in [3.8, 4) is 0 Å². The average Bonchev–Trinajstić information content (AvgIpc) is 3.29. The second-order valence-electron chi connectivity index (χ2n) is 7.59. The molecule has 27 heavy (non-hydrogen) atoms. The molecule has 1 amide bonds. The molecule has 0 radical (unpaired) electrons. The summed E-state index contributed by atoms with van der Waals surface area (Å²) in [5.41, 5.74) is 0.726. The molecule has 0 bridgehead atoms. The van der Waals surface area contributed by atoms with Crippen molar-refractivity contribution >= 4 is 5.91 Å². The molecule has 1 aliphatic carbocycles. The van der Waals surface area contributed by atoms with E-state index in [0.717, 1.165) is 64.8 Å². The molecule has 2 fully saturated rings. The van der Waals surface area contributed by atoms with E-state index in [9.17, 15) is 4.79 Å². The SMILES string of the molecule is O=C(N1CCN(CCc2ccncc2)CC1)C1(n2cnnn2)CCCCC1. The quantitative estimate of drug-likeness (QED) is 0.786. The third kappa shape index (κ3) is 3.85. The zero-order valence-electron chi connectivity index (χ0n) is 15.7. The molecule has 8 nitrogen and oxygen atoms in total. The van der Waals surface area contributed by atoms with E-state index in [0.29, 0.717) is 0 Å². The van der Waals surface area contributed by atoms with Crippen LogP contribution in [-0.4, -0.2) is 73.6 Å². The smallest absolute Gasteiger partial charge is 0.250 e. The van der Waals surface area contributed by atoms with Gasteiger partial charge < -0.3 is 4.90 Å². The lowest BCUT2D eigenvalue weighted by Crippen LogP contribution is -2.57. The Kier molecular flexibility index (Phi) is 5.42. The first-order chi connectivity index (χ1) is 13.3. The van der Waals surface area contributed by atoms with Gasteiger partial charge in [0.25, 0.3) is 5.91 Å². The van der Waals surface area contributed by atoms with Crippen molar-refractivity contribution in [1.82, 2.24) is 35.0 Å². The topological polar surface area (TPSA) is 80.0 Å². The maximum absolute atomic E-state index is 13.4. The molecule has 1 aliphatic heterocycles. The van der Waals surface area contributed by atoms with Gasteiger partial charge in [-0.05, 0) is 47.4 Å². The summed E-state index contributed by atoms with van der Waals surface area (Å²) in [7, 11) is 0. The van der Waals surface area contributed by atoms with E-state index in [2.05, 4.69) is 37.5 Å². The number of rotatable bonds is 5. The van der Waals surface area contributed by atoms with Crippen molar-refractivity contribution in [2.75, 3.05) is 32.7 Å². The van der Waals surface area contributed by atoms with Crippen molar-refractivity contribution in [1.29, 1.82) is 0 Å². The van der Waals surface area contributed by atoms with E-state index in [1.54, 1.807) is 11.0 Å². The molecule has 8 heteroatoms. The number of hydrogen-bond acceptors (Lipinski definition) is 6. The number of pyridine rings is 1. The molecular formula is C19H27N7O. The van der Waals surface area contributed by atoms with Gasteiger partial charge in [0.1, 0.15) is 11.9 Å². The molecule has 0 N–H and O–H groups in total. The van der Waals surface area contributed by atoms with Crippen LogP contribution in [0.4, 0.5) is 0 Å². The highest BCUT2D eigenvalue weighted by Gasteiger charge is 2.45. The Morgan fingerprint density at radius 3 is 2.44 bits per heavy atom. The fraction of sp³-hybridized carbons (Fsp3) is 0.632. The van der Waals surface area contributed by atoms with Crippen molar-refractivity contribution < 1.29 is 4.79 Å². The zero-order valence-corrected chi connectivity index (χ0v) is 15.7. The molecule has 1 saturated carbocycles. The molecule has 0 unspecified atom stereocenters. The summed E-state index contributed by atoms with van der Waals surface area (Å²) in [5.74, 6) is 0.197. The molecule has 2 aromatic rings. The van der Waals surface area contributed by atoms with Gasteiger partial charge in [-0.2, -0.15) is 0 Å². The number of carbonyl (C=O) groups is 1. The van der Waals surface area contributed by atoms with Crippen LogP contribution in [0.2, 0.25) is 0 Å². The fourth-order valence-corrected chi connectivity index (χ4v) is 4.34. The zero-order chi connectivity index (χ0) is 18.5. The highest BCUT2D eigenvalue weighted by Crippen LogP contribution is 2.36. The minimum atomic E-state index is -0.582. The highest BCUT2D eigenvalue weighted by molar-refractivity contribution is 5.84. The molecule has 144 valence electrons. The van der Waals surface area contributed by atoms with Crippen LogP contribution in [0.25, 0.3) is 0 Å². The van der Waals surface area contributed by atoms with Gasteiger partial charge in [-0.1, -0.05) is 19.3 Å². The lowest BCUT2D eigenvalue weighted by Gasteiger charge is -2.42. The Morgan fingerprint density at radius 1 is 1.04 bits per heavy atom. The van der Waals surface area contributed by atoms with Crippen LogP contribution in [0.1, 0.15) is 37.7 Å².